The fourth-order valence-electron chi connectivity index (χ4n) is 5.02. The largest absolute Gasteiger partial charge is 0.379 e. The Morgan fingerprint density at radius 3 is 2.39 bits per heavy atom. The lowest BCUT2D eigenvalue weighted by Crippen LogP contribution is -2.39. The lowest BCUT2D eigenvalue weighted by atomic mass is 10.1. The van der Waals surface area contributed by atoms with Crippen LogP contribution in [-0.4, -0.2) is 81.0 Å². The van der Waals surface area contributed by atoms with E-state index in [4.69, 9.17) is 9.72 Å². The van der Waals surface area contributed by atoms with Crippen LogP contribution in [0.3, 0.4) is 0 Å². The molecule has 2 saturated heterocycles. The molecule has 0 N–H and O–H groups in total. The zero-order valence-electron chi connectivity index (χ0n) is 22.2. The Hall–Kier alpha value is -2.37. The van der Waals surface area contributed by atoms with Crippen LogP contribution in [0.4, 0.5) is 5.13 Å². The van der Waals surface area contributed by atoms with Gasteiger partial charge in [-0.15, -0.1) is 0 Å². The minimum absolute atomic E-state index is 0.165. The number of hydrogen-bond acceptors (Lipinski definition) is 7. The highest BCUT2D eigenvalue weighted by atomic mass is 32.2. The number of carbonyl (C=O) groups is 1. The Bertz CT molecular complexity index is 1340. The van der Waals surface area contributed by atoms with Crippen molar-refractivity contribution in [2.24, 2.45) is 0 Å². The molecule has 0 radical (unpaired) electrons. The predicted molar refractivity (Wildman–Crippen MR) is 152 cm³/mol. The normalized spacial score (nSPS) is 17.6. The molecule has 2 fully saturated rings. The number of aromatic nitrogens is 1. The predicted octanol–water partition coefficient (Wildman–Crippen LogP) is 4.46. The molecule has 0 bridgehead atoms. The molecule has 0 aliphatic carbocycles. The molecule has 38 heavy (non-hydrogen) atoms. The molecule has 204 valence electrons. The van der Waals surface area contributed by atoms with Gasteiger partial charge in [0.1, 0.15) is 0 Å². The lowest BCUT2D eigenvalue weighted by molar-refractivity contribution is 0.0376. The number of benzene rings is 2. The van der Waals surface area contributed by atoms with Crippen molar-refractivity contribution in [3.05, 3.63) is 53.1 Å². The average molecular weight is 557 g/mol. The van der Waals surface area contributed by atoms with Crippen molar-refractivity contribution < 1.29 is 17.9 Å². The van der Waals surface area contributed by atoms with Gasteiger partial charge in [-0.25, -0.2) is 13.4 Å². The highest BCUT2D eigenvalue weighted by Gasteiger charge is 2.27. The highest BCUT2D eigenvalue weighted by Crippen LogP contribution is 2.32. The number of morpholine rings is 1. The number of carbonyl (C=O) groups excluding carboxylic acids is 1. The Kier molecular flexibility index (Phi) is 8.44. The zero-order chi connectivity index (χ0) is 26.7. The van der Waals surface area contributed by atoms with Crippen molar-refractivity contribution in [2.75, 3.05) is 57.4 Å². The van der Waals surface area contributed by atoms with Gasteiger partial charge in [-0.1, -0.05) is 17.8 Å². The zero-order valence-corrected chi connectivity index (χ0v) is 23.8. The number of piperidine rings is 1. The molecule has 0 unspecified atom stereocenters. The van der Waals surface area contributed by atoms with E-state index in [0.29, 0.717) is 30.3 Å². The third-order valence-corrected chi connectivity index (χ3v) is 10.4. The van der Waals surface area contributed by atoms with E-state index >= 15 is 0 Å². The van der Waals surface area contributed by atoms with Crippen LogP contribution in [0, 0.1) is 13.8 Å². The van der Waals surface area contributed by atoms with Crippen LogP contribution < -0.4 is 4.90 Å². The summed E-state index contributed by atoms with van der Waals surface area (Å²) in [4.78, 5) is 23.0. The van der Waals surface area contributed by atoms with E-state index in [1.807, 2.05) is 0 Å². The van der Waals surface area contributed by atoms with Gasteiger partial charge < -0.3 is 4.74 Å². The molecule has 1 amide bonds. The maximum absolute atomic E-state index is 13.8. The van der Waals surface area contributed by atoms with Crippen molar-refractivity contribution >= 4 is 42.6 Å². The number of sulfonamides is 1. The molecule has 0 saturated carbocycles. The van der Waals surface area contributed by atoms with Crippen LogP contribution in [0.25, 0.3) is 10.2 Å². The van der Waals surface area contributed by atoms with E-state index in [0.717, 1.165) is 68.7 Å². The van der Waals surface area contributed by atoms with Crippen molar-refractivity contribution in [1.29, 1.82) is 0 Å². The second kappa shape index (κ2) is 11.8. The second-order valence-electron chi connectivity index (χ2n) is 10.2. The second-order valence-corrected chi connectivity index (χ2v) is 13.1. The Balaban J connectivity index is 1.38. The third kappa shape index (κ3) is 5.94. The van der Waals surface area contributed by atoms with Gasteiger partial charge in [0, 0.05) is 44.8 Å². The summed E-state index contributed by atoms with van der Waals surface area (Å²) in [6.07, 6.45) is 3.64. The molecule has 10 heteroatoms. The summed E-state index contributed by atoms with van der Waals surface area (Å²) in [5.74, 6) is -0.165. The Morgan fingerprint density at radius 1 is 1.00 bits per heavy atom. The first-order valence-corrected chi connectivity index (χ1v) is 15.7. The minimum atomic E-state index is -3.55. The summed E-state index contributed by atoms with van der Waals surface area (Å²) in [6.45, 7) is 9.95. The lowest BCUT2D eigenvalue weighted by Gasteiger charge is -2.28. The molecule has 3 heterocycles. The highest BCUT2D eigenvalue weighted by molar-refractivity contribution is 7.89. The van der Waals surface area contributed by atoms with Gasteiger partial charge >= 0.3 is 0 Å². The molecule has 0 atom stereocenters. The van der Waals surface area contributed by atoms with E-state index in [9.17, 15) is 13.2 Å². The van der Waals surface area contributed by atoms with Crippen molar-refractivity contribution in [3.63, 3.8) is 0 Å². The molecule has 0 spiro atoms. The molecule has 5 rings (SSSR count). The third-order valence-electron chi connectivity index (χ3n) is 7.48. The van der Waals surface area contributed by atoms with Gasteiger partial charge in [0.15, 0.2) is 5.13 Å². The summed E-state index contributed by atoms with van der Waals surface area (Å²) in [6, 6.07) is 10.6. The first kappa shape index (κ1) is 27.2. The van der Waals surface area contributed by atoms with Crippen LogP contribution in [0.2, 0.25) is 0 Å². The fraction of sp³-hybridized carbons (Fsp3) is 0.500. The summed E-state index contributed by atoms with van der Waals surface area (Å²) in [7, 11) is -3.55. The quantitative estimate of drug-likeness (QED) is 0.408. The molecule has 3 aromatic rings. The number of nitrogens with zero attached hydrogens (tertiary/aromatic N) is 4. The fourth-order valence-corrected chi connectivity index (χ4v) is 7.61. The standard InChI is InChI=1S/C28H36N4O4S2/c1-21-19-25-26(20-22(21)2)37-28(29-25)32(14-6-11-30-15-17-36-18-16-30)27(33)23-7-9-24(10-8-23)38(34,35)31-12-4-3-5-13-31/h7-10,19-20H,3-6,11-18H2,1-2H3. The van der Waals surface area contributed by atoms with Crippen LogP contribution >= 0.6 is 11.3 Å². The molecule has 8 nitrogen and oxygen atoms in total. The summed E-state index contributed by atoms with van der Waals surface area (Å²) in [5, 5.41) is 0.669. The Labute approximate surface area is 229 Å². The average Bonchev–Trinajstić information content (AvgIpc) is 3.34. The van der Waals surface area contributed by atoms with Gasteiger partial charge in [-0.2, -0.15) is 4.31 Å². The molecular weight excluding hydrogens is 520 g/mol. The smallest absolute Gasteiger partial charge is 0.260 e. The number of aryl methyl sites for hydroxylation is 2. The number of thiazole rings is 1. The minimum Gasteiger partial charge on any atom is -0.379 e. The van der Waals surface area contributed by atoms with Crippen LogP contribution in [0.5, 0.6) is 0 Å². The number of rotatable bonds is 8. The summed E-state index contributed by atoms with van der Waals surface area (Å²) < 4.78 is 34.2. The first-order valence-electron chi connectivity index (χ1n) is 13.4. The molecule has 2 aromatic carbocycles. The number of ether oxygens (including phenoxy) is 1. The van der Waals surface area contributed by atoms with Crippen molar-refractivity contribution in [2.45, 2.75) is 44.4 Å². The first-order chi connectivity index (χ1) is 18.3. The van der Waals surface area contributed by atoms with Crippen molar-refractivity contribution in [3.8, 4) is 0 Å². The number of anilines is 1. The summed E-state index contributed by atoms with van der Waals surface area (Å²) >= 11 is 1.52. The van der Waals surface area contributed by atoms with Crippen molar-refractivity contribution in [1.82, 2.24) is 14.2 Å². The molecule has 2 aliphatic rings. The van der Waals surface area contributed by atoms with Gasteiger partial charge in [0.05, 0.1) is 28.3 Å². The van der Waals surface area contributed by atoms with E-state index < -0.39 is 10.0 Å². The molecule has 1 aromatic heterocycles. The molecule has 2 aliphatic heterocycles. The van der Waals surface area contributed by atoms with E-state index in [2.05, 4.69) is 30.9 Å². The molecular formula is C28H36N4O4S2. The van der Waals surface area contributed by atoms with E-state index in [-0.39, 0.29) is 10.8 Å². The van der Waals surface area contributed by atoms with Gasteiger partial charge in [-0.05, 0) is 80.6 Å². The monoisotopic (exact) mass is 556 g/mol. The van der Waals surface area contributed by atoms with Crippen LogP contribution in [0.15, 0.2) is 41.3 Å². The van der Waals surface area contributed by atoms with Crippen LogP contribution in [-0.2, 0) is 14.8 Å². The van der Waals surface area contributed by atoms with Crippen LogP contribution in [0.1, 0.15) is 47.2 Å². The van der Waals surface area contributed by atoms with Gasteiger partial charge in [0.2, 0.25) is 10.0 Å². The van der Waals surface area contributed by atoms with E-state index in [1.165, 1.54) is 22.5 Å². The maximum atomic E-state index is 13.8. The topological polar surface area (TPSA) is 83.0 Å². The maximum Gasteiger partial charge on any atom is 0.260 e. The SMILES string of the molecule is Cc1cc2nc(N(CCCN3CCOCC3)C(=O)c3ccc(S(=O)(=O)N4CCCCC4)cc3)sc2cc1C. The van der Waals surface area contributed by atoms with E-state index in [1.54, 1.807) is 33.5 Å². The Morgan fingerprint density at radius 2 is 1.68 bits per heavy atom. The number of hydrogen-bond donors (Lipinski definition) is 0. The summed E-state index contributed by atoms with van der Waals surface area (Å²) in [5.41, 5.74) is 3.72. The number of fused-ring (bicyclic) bond motifs is 1. The van der Waals surface area contributed by atoms with Gasteiger partial charge in [-0.3, -0.25) is 14.6 Å². The number of amides is 1. The van der Waals surface area contributed by atoms with Gasteiger partial charge in [0.25, 0.3) is 5.91 Å².